The van der Waals surface area contributed by atoms with E-state index in [1.165, 1.54) is 10.4 Å². The van der Waals surface area contributed by atoms with Crippen molar-refractivity contribution in [1.82, 2.24) is 5.32 Å². The summed E-state index contributed by atoms with van der Waals surface area (Å²) >= 11 is 1.69. The van der Waals surface area contributed by atoms with Crippen LogP contribution in [-0.4, -0.2) is 19.1 Å². The molecule has 0 aliphatic carbocycles. The number of aryl methyl sites for hydroxylation is 2. The van der Waals surface area contributed by atoms with Gasteiger partial charge in [-0.25, -0.2) is 0 Å². The van der Waals surface area contributed by atoms with Gasteiger partial charge in [0.15, 0.2) is 0 Å². The summed E-state index contributed by atoms with van der Waals surface area (Å²) in [4.78, 5) is 12.9. The average Bonchev–Trinajstić information content (AvgIpc) is 2.96. The van der Waals surface area contributed by atoms with Gasteiger partial charge in [-0.15, -0.1) is 11.3 Å². The summed E-state index contributed by atoms with van der Waals surface area (Å²) in [5.74, 6) is 0.911. The van der Waals surface area contributed by atoms with Crippen molar-refractivity contribution < 1.29 is 9.53 Å². The maximum atomic E-state index is 11.6. The van der Waals surface area contributed by atoms with Crippen LogP contribution in [0.2, 0.25) is 0 Å². The van der Waals surface area contributed by atoms with E-state index in [1.807, 2.05) is 42.6 Å². The second-order valence-corrected chi connectivity index (χ2v) is 5.62. The van der Waals surface area contributed by atoms with Crippen LogP contribution < -0.4 is 10.1 Å². The van der Waals surface area contributed by atoms with Crippen LogP contribution in [0.4, 0.5) is 0 Å². The summed E-state index contributed by atoms with van der Waals surface area (Å²) in [6.45, 7) is 3.07. The Hall–Kier alpha value is -1.81. The number of benzene rings is 1. The summed E-state index contributed by atoms with van der Waals surface area (Å²) in [6, 6.07) is 12.0. The molecular formula is C16H19NO2S. The molecule has 0 aliphatic rings. The van der Waals surface area contributed by atoms with Gasteiger partial charge in [0.25, 0.3) is 0 Å². The van der Waals surface area contributed by atoms with Crippen molar-refractivity contribution in [2.24, 2.45) is 0 Å². The van der Waals surface area contributed by atoms with E-state index in [9.17, 15) is 4.79 Å². The molecule has 0 saturated carbocycles. The molecule has 1 aromatic heterocycles. The molecule has 2 rings (SSSR count). The third-order valence-corrected chi connectivity index (χ3v) is 3.83. The number of carbonyl (C=O) groups is 1. The monoisotopic (exact) mass is 289 g/mol. The lowest BCUT2D eigenvalue weighted by atomic mass is 10.2. The first-order valence-corrected chi connectivity index (χ1v) is 7.60. The average molecular weight is 289 g/mol. The quantitative estimate of drug-likeness (QED) is 0.795. The standard InChI is InChI=1S/C16H19NO2S/c1-13-4-6-14(7-5-13)19-11-10-17-16(18)9-8-15-3-2-12-20-15/h2-7,12H,8-11H2,1H3,(H,17,18). The first-order chi connectivity index (χ1) is 9.74. The highest BCUT2D eigenvalue weighted by atomic mass is 32.1. The van der Waals surface area contributed by atoms with Crippen LogP contribution in [-0.2, 0) is 11.2 Å². The molecule has 3 nitrogen and oxygen atoms in total. The van der Waals surface area contributed by atoms with Gasteiger partial charge >= 0.3 is 0 Å². The van der Waals surface area contributed by atoms with E-state index < -0.39 is 0 Å². The Morgan fingerprint density at radius 3 is 2.75 bits per heavy atom. The molecule has 0 bridgehead atoms. The third-order valence-electron chi connectivity index (χ3n) is 2.89. The van der Waals surface area contributed by atoms with E-state index in [1.54, 1.807) is 11.3 Å². The number of hydrogen-bond donors (Lipinski definition) is 1. The first-order valence-electron chi connectivity index (χ1n) is 6.72. The molecule has 2 aromatic rings. The van der Waals surface area contributed by atoms with Crippen molar-refractivity contribution in [2.75, 3.05) is 13.2 Å². The smallest absolute Gasteiger partial charge is 0.220 e. The molecule has 106 valence electrons. The molecule has 0 spiro atoms. The number of thiophene rings is 1. The fraction of sp³-hybridized carbons (Fsp3) is 0.312. The van der Waals surface area contributed by atoms with E-state index in [4.69, 9.17) is 4.74 Å². The minimum Gasteiger partial charge on any atom is -0.492 e. The summed E-state index contributed by atoms with van der Waals surface area (Å²) in [5.41, 5.74) is 1.21. The minimum absolute atomic E-state index is 0.0749. The van der Waals surface area contributed by atoms with Gasteiger partial charge in [0.2, 0.25) is 5.91 Å². The molecule has 0 aliphatic heterocycles. The van der Waals surface area contributed by atoms with Crippen molar-refractivity contribution in [3.05, 3.63) is 52.2 Å². The second-order valence-electron chi connectivity index (χ2n) is 4.59. The number of nitrogens with one attached hydrogen (secondary N) is 1. The Labute approximate surface area is 123 Å². The molecule has 0 radical (unpaired) electrons. The summed E-state index contributed by atoms with van der Waals surface area (Å²) in [6.07, 6.45) is 1.34. The molecule has 1 amide bonds. The van der Waals surface area contributed by atoms with Crippen molar-refractivity contribution >= 4 is 17.2 Å². The fourth-order valence-electron chi connectivity index (χ4n) is 1.77. The second kappa shape index (κ2) is 7.70. The molecule has 0 fully saturated rings. The van der Waals surface area contributed by atoms with Gasteiger partial charge in [-0.05, 0) is 36.9 Å². The van der Waals surface area contributed by atoms with E-state index >= 15 is 0 Å². The molecular weight excluding hydrogens is 270 g/mol. The number of carbonyl (C=O) groups excluding carboxylic acids is 1. The van der Waals surface area contributed by atoms with Crippen LogP contribution in [0.15, 0.2) is 41.8 Å². The molecule has 4 heteroatoms. The molecule has 1 heterocycles. The lowest BCUT2D eigenvalue weighted by Crippen LogP contribution is -2.28. The van der Waals surface area contributed by atoms with E-state index in [-0.39, 0.29) is 5.91 Å². The van der Waals surface area contributed by atoms with Crippen molar-refractivity contribution in [3.63, 3.8) is 0 Å². The number of amides is 1. The van der Waals surface area contributed by atoms with Gasteiger partial charge in [0.1, 0.15) is 12.4 Å². The SMILES string of the molecule is Cc1ccc(OCCNC(=O)CCc2cccs2)cc1. The number of rotatable bonds is 7. The molecule has 20 heavy (non-hydrogen) atoms. The lowest BCUT2D eigenvalue weighted by molar-refractivity contribution is -0.121. The summed E-state index contributed by atoms with van der Waals surface area (Å²) < 4.78 is 5.55. The van der Waals surface area contributed by atoms with Crippen molar-refractivity contribution in [3.8, 4) is 5.75 Å². The Bertz CT molecular complexity index is 520. The van der Waals surface area contributed by atoms with E-state index in [0.29, 0.717) is 19.6 Å². The molecule has 1 N–H and O–H groups in total. The summed E-state index contributed by atoms with van der Waals surface area (Å²) in [7, 11) is 0. The van der Waals surface area contributed by atoms with Gasteiger partial charge < -0.3 is 10.1 Å². The predicted octanol–water partition coefficient (Wildman–Crippen LogP) is 3.18. The van der Waals surface area contributed by atoms with E-state index in [0.717, 1.165) is 12.2 Å². The normalized spacial score (nSPS) is 10.2. The highest BCUT2D eigenvalue weighted by molar-refractivity contribution is 7.09. The van der Waals surface area contributed by atoms with Gasteiger partial charge in [-0.2, -0.15) is 0 Å². The predicted molar refractivity (Wildman–Crippen MR) is 82.3 cm³/mol. The van der Waals surface area contributed by atoms with Crippen molar-refractivity contribution in [2.45, 2.75) is 19.8 Å². The Morgan fingerprint density at radius 1 is 1.25 bits per heavy atom. The minimum atomic E-state index is 0.0749. The van der Waals surface area contributed by atoms with Gasteiger partial charge in [-0.1, -0.05) is 23.8 Å². The Morgan fingerprint density at radius 2 is 2.05 bits per heavy atom. The highest BCUT2D eigenvalue weighted by Gasteiger charge is 2.02. The molecule has 0 saturated heterocycles. The van der Waals surface area contributed by atoms with Gasteiger partial charge in [0, 0.05) is 11.3 Å². The number of ether oxygens (including phenoxy) is 1. The van der Waals surface area contributed by atoms with E-state index in [2.05, 4.69) is 11.4 Å². The summed E-state index contributed by atoms with van der Waals surface area (Å²) in [5, 5.41) is 4.90. The highest BCUT2D eigenvalue weighted by Crippen LogP contribution is 2.11. The molecule has 0 unspecified atom stereocenters. The largest absolute Gasteiger partial charge is 0.492 e. The van der Waals surface area contributed by atoms with Crippen LogP contribution >= 0.6 is 11.3 Å². The number of hydrogen-bond acceptors (Lipinski definition) is 3. The van der Waals surface area contributed by atoms with Crippen LogP contribution in [0.5, 0.6) is 5.75 Å². The van der Waals surface area contributed by atoms with Crippen molar-refractivity contribution in [1.29, 1.82) is 0 Å². The zero-order valence-corrected chi connectivity index (χ0v) is 12.4. The fourth-order valence-corrected chi connectivity index (χ4v) is 2.48. The maximum absolute atomic E-state index is 11.6. The van der Waals surface area contributed by atoms with Gasteiger partial charge in [0.05, 0.1) is 6.54 Å². The lowest BCUT2D eigenvalue weighted by Gasteiger charge is -2.07. The zero-order chi connectivity index (χ0) is 14.2. The molecule has 1 aromatic carbocycles. The first kappa shape index (κ1) is 14.6. The Balaban J connectivity index is 1.58. The molecule has 0 atom stereocenters. The third kappa shape index (κ3) is 5.05. The maximum Gasteiger partial charge on any atom is 0.220 e. The van der Waals surface area contributed by atoms with Crippen LogP contribution in [0, 0.1) is 6.92 Å². The van der Waals surface area contributed by atoms with Crippen LogP contribution in [0.1, 0.15) is 16.9 Å². The topological polar surface area (TPSA) is 38.3 Å². The van der Waals surface area contributed by atoms with Gasteiger partial charge in [-0.3, -0.25) is 4.79 Å². The Kier molecular flexibility index (Phi) is 5.62. The zero-order valence-electron chi connectivity index (χ0n) is 11.6. The van der Waals surface area contributed by atoms with Crippen LogP contribution in [0.3, 0.4) is 0 Å². The van der Waals surface area contributed by atoms with Crippen LogP contribution in [0.25, 0.3) is 0 Å².